The number of hydrogen-bond acceptors (Lipinski definition) is 6. The van der Waals surface area contributed by atoms with Crippen LogP contribution in [0.5, 0.6) is 0 Å². The molecule has 0 spiro atoms. The number of benzene rings is 2. The van der Waals surface area contributed by atoms with Gasteiger partial charge in [0.25, 0.3) is 0 Å². The summed E-state index contributed by atoms with van der Waals surface area (Å²) in [6, 6.07) is 14.7. The van der Waals surface area contributed by atoms with E-state index in [1.165, 1.54) is 21.4 Å². The predicted octanol–water partition coefficient (Wildman–Crippen LogP) is 5.84. The summed E-state index contributed by atoms with van der Waals surface area (Å²) < 4.78 is 1.28. The van der Waals surface area contributed by atoms with Crippen LogP contribution in [0, 0.1) is 13.8 Å². The maximum atomic E-state index is 6.08. The minimum Gasteiger partial charge on any atom is -0.353 e. The first-order valence-corrected chi connectivity index (χ1v) is 12.7. The molecule has 4 aromatic rings. The van der Waals surface area contributed by atoms with Gasteiger partial charge in [-0.05, 0) is 55.7 Å². The van der Waals surface area contributed by atoms with Crippen molar-refractivity contribution in [3.63, 3.8) is 0 Å². The second-order valence-corrected chi connectivity index (χ2v) is 10.0. The monoisotopic (exact) mass is 477 g/mol. The number of aromatic nitrogens is 3. The van der Waals surface area contributed by atoms with Crippen LogP contribution in [-0.2, 0) is 12.8 Å². The summed E-state index contributed by atoms with van der Waals surface area (Å²) >= 11 is 7.88. The number of rotatable bonds is 5. The molecule has 0 atom stereocenters. The highest BCUT2D eigenvalue weighted by Gasteiger charge is 2.24. The van der Waals surface area contributed by atoms with Crippen molar-refractivity contribution in [2.75, 3.05) is 36.0 Å². The van der Waals surface area contributed by atoms with E-state index in [0.29, 0.717) is 0 Å². The second kappa shape index (κ2) is 9.27. The van der Waals surface area contributed by atoms with Crippen LogP contribution >= 0.6 is 22.9 Å². The lowest BCUT2D eigenvalue weighted by atomic mass is 10.0. The Morgan fingerprint density at radius 1 is 0.879 bits per heavy atom. The summed E-state index contributed by atoms with van der Waals surface area (Å²) in [6.07, 6.45) is 1.86. The molecule has 3 heterocycles. The molecule has 170 valence electrons. The molecule has 0 saturated carbocycles. The lowest BCUT2D eigenvalue weighted by Crippen LogP contribution is -2.47. The lowest BCUT2D eigenvalue weighted by Gasteiger charge is -2.36. The van der Waals surface area contributed by atoms with Crippen LogP contribution in [0.15, 0.2) is 42.5 Å². The minimum absolute atomic E-state index is 0.757. The van der Waals surface area contributed by atoms with Crippen molar-refractivity contribution in [2.45, 2.75) is 33.6 Å². The van der Waals surface area contributed by atoms with Crippen molar-refractivity contribution < 1.29 is 0 Å². The van der Waals surface area contributed by atoms with Crippen LogP contribution in [0.2, 0.25) is 5.02 Å². The fraction of sp³-hybridized carbons (Fsp3) is 0.346. The Hall–Kier alpha value is -2.70. The van der Waals surface area contributed by atoms with Gasteiger partial charge in [-0.3, -0.25) is 0 Å². The molecule has 1 saturated heterocycles. The molecule has 0 bridgehead atoms. The third-order valence-corrected chi connectivity index (χ3v) is 7.63. The van der Waals surface area contributed by atoms with Crippen molar-refractivity contribution in [3.05, 3.63) is 75.7 Å². The second-order valence-electron chi connectivity index (χ2n) is 8.59. The highest BCUT2D eigenvalue weighted by atomic mass is 35.5. The number of aryl methyl sites for hydroxylation is 3. The average molecular weight is 478 g/mol. The fourth-order valence-corrected chi connectivity index (χ4v) is 5.62. The Bertz CT molecular complexity index is 1280. The molecular weight excluding hydrogens is 450 g/mol. The lowest BCUT2D eigenvalue weighted by molar-refractivity contribution is 0.641. The van der Waals surface area contributed by atoms with Gasteiger partial charge in [0.1, 0.15) is 11.6 Å². The van der Waals surface area contributed by atoms with Gasteiger partial charge in [0.2, 0.25) is 0 Å². The summed E-state index contributed by atoms with van der Waals surface area (Å²) in [5, 5.41) is 1.88. The zero-order chi connectivity index (χ0) is 22.9. The first-order valence-electron chi connectivity index (χ1n) is 11.5. The van der Waals surface area contributed by atoms with Crippen molar-refractivity contribution in [2.24, 2.45) is 0 Å². The number of thiazole rings is 1. The van der Waals surface area contributed by atoms with E-state index in [2.05, 4.69) is 59.0 Å². The quantitative estimate of drug-likeness (QED) is 0.361. The largest absolute Gasteiger partial charge is 0.353 e. The summed E-state index contributed by atoms with van der Waals surface area (Å²) in [5.74, 6) is 1.88. The molecule has 2 aromatic heterocycles. The van der Waals surface area contributed by atoms with Gasteiger partial charge in [-0.15, -0.1) is 0 Å². The van der Waals surface area contributed by atoms with E-state index in [-0.39, 0.29) is 0 Å². The van der Waals surface area contributed by atoms with E-state index >= 15 is 0 Å². The zero-order valence-electron chi connectivity index (χ0n) is 19.3. The third kappa shape index (κ3) is 4.68. The fourth-order valence-electron chi connectivity index (χ4n) is 4.41. The van der Waals surface area contributed by atoms with Crippen molar-refractivity contribution in [3.8, 4) is 0 Å². The van der Waals surface area contributed by atoms with Gasteiger partial charge < -0.3 is 9.80 Å². The van der Waals surface area contributed by atoms with E-state index in [0.717, 1.165) is 72.0 Å². The SMILES string of the molecule is CCc1ccc2nc(N3CCN(c4nc(C)nc(C)c4Cc4ccc(Cl)cc4)CC3)sc2c1. The van der Waals surface area contributed by atoms with E-state index in [9.17, 15) is 0 Å². The number of halogens is 1. The van der Waals surface area contributed by atoms with Gasteiger partial charge in [-0.25, -0.2) is 15.0 Å². The molecule has 1 aliphatic heterocycles. The van der Waals surface area contributed by atoms with Gasteiger partial charge in [0.05, 0.1) is 10.2 Å². The van der Waals surface area contributed by atoms with Crippen LogP contribution in [0.3, 0.4) is 0 Å². The van der Waals surface area contributed by atoms with Crippen molar-refractivity contribution >= 4 is 44.1 Å². The first kappa shape index (κ1) is 22.1. The summed E-state index contributed by atoms with van der Waals surface area (Å²) in [7, 11) is 0. The van der Waals surface area contributed by atoms with Gasteiger partial charge in [-0.1, -0.05) is 48.1 Å². The average Bonchev–Trinajstić information content (AvgIpc) is 3.25. The maximum absolute atomic E-state index is 6.08. The number of piperazine rings is 1. The van der Waals surface area contributed by atoms with Gasteiger partial charge in [0.15, 0.2) is 5.13 Å². The van der Waals surface area contributed by atoms with E-state index < -0.39 is 0 Å². The molecule has 2 aromatic carbocycles. The Labute approximate surface area is 204 Å². The smallest absolute Gasteiger partial charge is 0.186 e. The summed E-state index contributed by atoms with van der Waals surface area (Å²) in [4.78, 5) is 19.3. The number of anilines is 2. The van der Waals surface area contributed by atoms with E-state index in [1.54, 1.807) is 11.3 Å². The first-order chi connectivity index (χ1) is 16.0. The maximum Gasteiger partial charge on any atom is 0.186 e. The van der Waals surface area contributed by atoms with Crippen molar-refractivity contribution in [1.29, 1.82) is 0 Å². The minimum atomic E-state index is 0.757. The summed E-state index contributed by atoms with van der Waals surface area (Å²) in [6.45, 7) is 9.96. The normalized spacial score (nSPS) is 14.3. The van der Waals surface area contributed by atoms with Crippen LogP contribution in [0.25, 0.3) is 10.2 Å². The third-order valence-electron chi connectivity index (χ3n) is 6.30. The predicted molar refractivity (Wildman–Crippen MR) is 139 cm³/mol. The molecule has 5 rings (SSSR count). The Morgan fingerprint density at radius 3 is 2.30 bits per heavy atom. The van der Waals surface area contributed by atoms with Crippen LogP contribution in [-0.4, -0.2) is 41.1 Å². The van der Waals surface area contributed by atoms with Gasteiger partial charge >= 0.3 is 0 Å². The standard InChI is InChI=1S/C26H28ClN5S/c1-4-19-7-10-23-24(16-19)33-26(30-23)32-13-11-31(12-14-32)25-22(17(2)28-18(3)29-25)15-20-5-8-21(27)9-6-20/h5-10,16H,4,11-15H2,1-3H3. The molecule has 0 amide bonds. The van der Waals surface area contributed by atoms with E-state index in [1.807, 2.05) is 19.1 Å². The Morgan fingerprint density at radius 2 is 1.58 bits per heavy atom. The van der Waals surface area contributed by atoms with Gasteiger partial charge in [-0.2, -0.15) is 0 Å². The number of fused-ring (bicyclic) bond motifs is 1. The van der Waals surface area contributed by atoms with Crippen LogP contribution in [0.1, 0.15) is 35.1 Å². The number of nitrogens with zero attached hydrogens (tertiary/aromatic N) is 5. The molecule has 5 nitrogen and oxygen atoms in total. The molecule has 7 heteroatoms. The molecule has 1 aliphatic rings. The highest BCUT2D eigenvalue weighted by molar-refractivity contribution is 7.22. The molecular formula is C26H28ClN5S. The Kier molecular flexibility index (Phi) is 6.21. The molecule has 1 fully saturated rings. The van der Waals surface area contributed by atoms with Crippen LogP contribution in [0.4, 0.5) is 10.9 Å². The Balaban J connectivity index is 1.36. The molecule has 0 N–H and O–H groups in total. The van der Waals surface area contributed by atoms with Crippen LogP contribution < -0.4 is 9.80 Å². The van der Waals surface area contributed by atoms with E-state index in [4.69, 9.17) is 21.6 Å². The van der Waals surface area contributed by atoms with Gasteiger partial charge in [0, 0.05) is 48.9 Å². The molecule has 0 aliphatic carbocycles. The molecule has 33 heavy (non-hydrogen) atoms. The number of hydrogen-bond donors (Lipinski definition) is 0. The molecule has 0 radical (unpaired) electrons. The zero-order valence-corrected chi connectivity index (χ0v) is 20.9. The summed E-state index contributed by atoms with van der Waals surface area (Å²) in [5.41, 5.74) is 5.93. The van der Waals surface area contributed by atoms with Crippen molar-refractivity contribution in [1.82, 2.24) is 15.0 Å². The molecule has 0 unspecified atom stereocenters. The highest BCUT2D eigenvalue weighted by Crippen LogP contribution is 2.32. The topological polar surface area (TPSA) is 45.2 Å².